The van der Waals surface area contributed by atoms with E-state index in [9.17, 15) is 13.2 Å². The number of benzene rings is 1. The molecule has 2 aliphatic rings. The lowest BCUT2D eigenvalue weighted by Crippen LogP contribution is -2.53. The topological polar surface area (TPSA) is 57.7 Å². The fourth-order valence-corrected chi connectivity index (χ4v) is 4.61. The van der Waals surface area contributed by atoms with Crippen molar-refractivity contribution in [3.63, 3.8) is 0 Å². The Morgan fingerprint density at radius 1 is 0.955 bits per heavy atom. The van der Waals surface area contributed by atoms with Gasteiger partial charge in [-0.3, -0.25) is 9.69 Å². The lowest BCUT2D eigenvalue weighted by atomic mass is 10.0. The average Bonchev–Trinajstić information content (AvgIpc) is 2.69. The van der Waals surface area contributed by atoms with Gasteiger partial charge >= 0.3 is 0 Å². The van der Waals surface area contributed by atoms with Crippen molar-refractivity contribution in [2.45, 2.75) is 25.3 Å². The molecule has 1 atom stereocenters. The van der Waals surface area contributed by atoms with E-state index in [1.807, 2.05) is 35.2 Å². The zero-order valence-corrected chi connectivity index (χ0v) is 13.5. The van der Waals surface area contributed by atoms with E-state index in [2.05, 4.69) is 4.90 Å². The first-order valence-electron chi connectivity index (χ1n) is 7.88. The van der Waals surface area contributed by atoms with Crippen molar-refractivity contribution >= 4 is 21.4 Å². The summed E-state index contributed by atoms with van der Waals surface area (Å²) >= 11 is 0. The summed E-state index contributed by atoms with van der Waals surface area (Å²) in [5, 5.41) is 0. The van der Waals surface area contributed by atoms with Gasteiger partial charge in [-0.25, -0.2) is 8.42 Å². The van der Waals surface area contributed by atoms with E-state index in [-0.39, 0.29) is 23.5 Å². The van der Waals surface area contributed by atoms with Crippen LogP contribution in [0.2, 0.25) is 0 Å². The number of nitrogens with zero attached hydrogens (tertiary/aromatic N) is 2. The highest BCUT2D eigenvalue weighted by Gasteiger charge is 2.35. The van der Waals surface area contributed by atoms with Crippen molar-refractivity contribution in [2.24, 2.45) is 0 Å². The first-order valence-corrected chi connectivity index (χ1v) is 9.70. The molecule has 0 bridgehead atoms. The molecule has 6 heteroatoms. The molecule has 3 rings (SSSR count). The third-order valence-electron chi connectivity index (χ3n) is 4.51. The Kier molecular flexibility index (Phi) is 4.49. The average molecular weight is 322 g/mol. The number of carbonyl (C=O) groups is 1. The number of para-hydroxylation sites is 1. The van der Waals surface area contributed by atoms with E-state index in [1.165, 1.54) is 0 Å². The second kappa shape index (κ2) is 6.38. The van der Waals surface area contributed by atoms with Crippen molar-refractivity contribution < 1.29 is 13.2 Å². The normalized spacial score (nSPS) is 26.6. The van der Waals surface area contributed by atoms with Gasteiger partial charge in [-0.05, 0) is 37.9 Å². The predicted molar refractivity (Wildman–Crippen MR) is 86.7 cm³/mol. The third kappa shape index (κ3) is 3.33. The molecule has 22 heavy (non-hydrogen) atoms. The molecule has 1 unspecified atom stereocenters. The first kappa shape index (κ1) is 15.5. The Balaban J connectivity index is 1.75. The zero-order chi connectivity index (χ0) is 15.6. The van der Waals surface area contributed by atoms with Gasteiger partial charge < -0.3 is 4.90 Å². The highest BCUT2D eigenvalue weighted by Crippen LogP contribution is 2.24. The molecule has 2 saturated heterocycles. The maximum atomic E-state index is 12.8. The van der Waals surface area contributed by atoms with E-state index in [4.69, 9.17) is 0 Å². The highest BCUT2D eigenvalue weighted by atomic mass is 32.2. The molecule has 0 N–H and O–H groups in total. The summed E-state index contributed by atoms with van der Waals surface area (Å²) in [6, 6.07) is 9.53. The summed E-state index contributed by atoms with van der Waals surface area (Å²) in [4.78, 5) is 16.7. The summed E-state index contributed by atoms with van der Waals surface area (Å²) in [5.74, 6) is 0.520. The van der Waals surface area contributed by atoms with Crippen LogP contribution in [0.15, 0.2) is 30.3 Å². The molecule has 0 aromatic heterocycles. The molecule has 0 aliphatic carbocycles. The molecule has 1 amide bonds. The lowest BCUT2D eigenvalue weighted by Gasteiger charge is -2.38. The number of rotatable bonds is 2. The van der Waals surface area contributed by atoms with Crippen LogP contribution in [0.25, 0.3) is 0 Å². The Morgan fingerprint density at radius 2 is 1.73 bits per heavy atom. The molecule has 1 aromatic carbocycles. The van der Waals surface area contributed by atoms with Crippen LogP contribution in [-0.2, 0) is 14.6 Å². The van der Waals surface area contributed by atoms with E-state index in [0.29, 0.717) is 19.5 Å². The van der Waals surface area contributed by atoms with E-state index >= 15 is 0 Å². The minimum absolute atomic E-state index is 0.108. The maximum Gasteiger partial charge on any atom is 0.244 e. The molecule has 0 saturated carbocycles. The minimum Gasteiger partial charge on any atom is -0.311 e. The van der Waals surface area contributed by atoms with Crippen LogP contribution in [0.5, 0.6) is 0 Å². The van der Waals surface area contributed by atoms with Crippen LogP contribution in [0.3, 0.4) is 0 Å². The molecule has 120 valence electrons. The number of hydrogen-bond donors (Lipinski definition) is 0. The summed E-state index contributed by atoms with van der Waals surface area (Å²) in [6.07, 6.45) is 2.40. The van der Waals surface area contributed by atoms with Crippen LogP contribution in [0, 0.1) is 0 Å². The number of sulfone groups is 1. The summed E-state index contributed by atoms with van der Waals surface area (Å²) in [6.45, 7) is 1.91. The standard InChI is InChI=1S/C16H22N2O3S/c19-16-15(17-9-5-12-22(20,21)13-11-17)8-4-10-18(16)14-6-2-1-3-7-14/h1-3,6-7,15H,4-5,8-13H2. The van der Waals surface area contributed by atoms with Crippen molar-refractivity contribution in [1.29, 1.82) is 0 Å². The van der Waals surface area contributed by atoms with Crippen LogP contribution < -0.4 is 4.90 Å². The largest absolute Gasteiger partial charge is 0.311 e. The van der Waals surface area contributed by atoms with Gasteiger partial charge in [-0.15, -0.1) is 0 Å². The zero-order valence-electron chi connectivity index (χ0n) is 12.6. The predicted octanol–water partition coefficient (Wildman–Crippen LogP) is 1.30. The summed E-state index contributed by atoms with van der Waals surface area (Å²) in [5.41, 5.74) is 0.930. The summed E-state index contributed by atoms with van der Waals surface area (Å²) < 4.78 is 23.5. The molecule has 2 heterocycles. The fourth-order valence-electron chi connectivity index (χ4n) is 3.33. The Morgan fingerprint density at radius 3 is 2.50 bits per heavy atom. The molecule has 0 spiro atoms. The highest BCUT2D eigenvalue weighted by molar-refractivity contribution is 7.91. The second-order valence-electron chi connectivity index (χ2n) is 6.02. The van der Waals surface area contributed by atoms with Crippen molar-refractivity contribution in [3.05, 3.63) is 30.3 Å². The van der Waals surface area contributed by atoms with Gasteiger partial charge in [0.05, 0.1) is 17.5 Å². The Hall–Kier alpha value is -1.40. The monoisotopic (exact) mass is 322 g/mol. The van der Waals surface area contributed by atoms with Gasteiger partial charge in [0.1, 0.15) is 0 Å². The van der Waals surface area contributed by atoms with E-state index in [0.717, 1.165) is 25.1 Å². The molecule has 0 radical (unpaired) electrons. The van der Waals surface area contributed by atoms with Crippen molar-refractivity contribution in [1.82, 2.24) is 4.90 Å². The molecule has 5 nitrogen and oxygen atoms in total. The number of hydrogen-bond acceptors (Lipinski definition) is 4. The van der Waals surface area contributed by atoms with Gasteiger partial charge in [0.15, 0.2) is 9.84 Å². The third-order valence-corrected chi connectivity index (χ3v) is 6.22. The van der Waals surface area contributed by atoms with Crippen LogP contribution >= 0.6 is 0 Å². The first-order chi connectivity index (χ1) is 10.6. The maximum absolute atomic E-state index is 12.8. The minimum atomic E-state index is -2.94. The van der Waals surface area contributed by atoms with Crippen molar-refractivity contribution in [2.75, 3.05) is 36.0 Å². The molecule has 2 fully saturated rings. The number of anilines is 1. The Bertz CT molecular complexity index is 630. The quantitative estimate of drug-likeness (QED) is 0.823. The molecule has 2 aliphatic heterocycles. The van der Waals surface area contributed by atoms with Crippen molar-refractivity contribution in [3.8, 4) is 0 Å². The van der Waals surface area contributed by atoms with Gasteiger partial charge in [0, 0.05) is 18.8 Å². The lowest BCUT2D eigenvalue weighted by molar-refractivity contribution is -0.125. The molecular weight excluding hydrogens is 300 g/mol. The van der Waals surface area contributed by atoms with Crippen LogP contribution in [0.1, 0.15) is 19.3 Å². The van der Waals surface area contributed by atoms with E-state index < -0.39 is 9.84 Å². The van der Waals surface area contributed by atoms with Gasteiger partial charge in [-0.2, -0.15) is 0 Å². The summed E-state index contributed by atoms with van der Waals surface area (Å²) in [7, 11) is -2.94. The second-order valence-corrected chi connectivity index (χ2v) is 8.33. The Labute approximate surface area is 131 Å². The van der Waals surface area contributed by atoms with E-state index in [1.54, 1.807) is 0 Å². The fraction of sp³-hybridized carbons (Fsp3) is 0.562. The number of amides is 1. The molecular formula is C16H22N2O3S. The van der Waals surface area contributed by atoms with Gasteiger partial charge in [0.2, 0.25) is 5.91 Å². The van der Waals surface area contributed by atoms with Gasteiger partial charge in [-0.1, -0.05) is 18.2 Å². The number of piperidine rings is 1. The molecule has 1 aromatic rings. The van der Waals surface area contributed by atoms with Crippen LogP contribution in [0.4, 0.5) is 5.69 Å². The van der Waals surface area contributed by atoms with Crippen LogP contribution in [-0.4, -0.2) is 56.4 Å². The van der Waals surface area contributed by atoms with Gasteiger partial charge in [0.25, 0.3) is 0 Å². The SMILES string of the molecule is O=C1C(N2CCCS(=O)(=O)CC2)CCCN1c1ccccc1. The number of carbonyl (C=O) groups excluding carboxylic acids is 1. The smallest absolute Gasteiger partial charge is 0.244 e.